The molecule has 0 aromatic carbocycles. The summed E-state index contributed by atoms with van der Waals surface area (Å²) in [6.45, 7) is 3.60. The van der Waals surface area contributed by atoms with Gasteiger partial charge in [-0.15, -0.1) is 0 Å². The van der Waals surface area contributed by atoms with Crippen LogP contribution in [0.3, 0.4) is 0 Å². The van der Waals surface area contributed by atoms with Gasteiger partial charge < -0.3 is 9.05 Å². The van der Waals surface area contributed by atoms with E-state index in [0.717, 1.165) is 0 Å². The molecule has 0 aromatic rings. The fraction of sp³-hybridized carbons (Fsp3) is 1.00. The number of hydrogen-bond donors (Lipinski definition) is 0. The molecule has 0 saturated carbocycles. The van der Waals surface area contributed by atoms with Crippen molar-refractivity contribution in [1.82, 2.24) is 0 Å². The molecule has 106 valence electrons. The SMILES string of the molecule is CCOP(=O)(CS(C)(C)O[Cl+3]([O-])([O-])[O-])OCC. The zero-order valence-electron chi connectivity index (χ0n) is 10.2. The Morgan fingerprint density at radius 1 is 1.12 bits per heavy atom. The van der Waals surface area contributed by atoms with E-state index >= 15 is 0 Å². The van der Waals surface area contributed by atoms with Crippen molar-refractivity contribution in [3.63, 3.8) is 0 Å². The minimum atomic E-state index is -4.55. The summed E-state index contributed by atoms with van der Waals surface area (Å²) in [7, 11) is -10.3. The number of halogens is 1. The molecule has 7 nitrogen and oxygen atoms in total. The molecule has 0 amide bonds. The van der Waals surface area contributed by atoms with E-state index in [-0.39, 0.29) is 18.7 Å². The molecule has 0 atom stereocenters. The molecule has 10 heteroatoms. The maximum Gasteiger partial charge on any atom is 0.341 e. The molecule has 0 spiro atoms. The third-order valence-corrected chi connectivity index (χ3v) is 8.41. The normalized spacial score (nSPS) is 15.0. The molecule has 0 bridgehead atoms. The molecule has 0 heterocycles. The van der Waals surface area contributed by atoms with E-state index in [2.05, 4.69) is 3.74 Å². The molecular weight excluding hydrogens is 295 g/mol. The van der Waals surface area contributed by atoms with Crippen LogP contribution in [0.2, 0.25) is 0 Å². The van der Waals surface area contributed by atoms with E-state index in [1.54, 1.807) is 13.8 Å². The van der Waals surface area contributed by atoms with Crippen LogP contribution in [0.1, 0.15) is 13.8 Å². The Balaban J connectivity index is 4.69. The van der Waals surface area contributed by atoms with Crippen molar-refractivity contribution in [2.75, 3.05) is 31.2 Å². The molecule has 17 heavy (non-hydrogen) atoms. The predicted molar refractivity (Wildman–Crippen MR) is 56.2 cm³/mol. The first-order valence-corrected chi connectivity index (χ1v) is 10.3. The monoisotopic (exact) mass is 312 g/mol. The highest BCUT2D eigenvalue weighted by atomic mass is 35.7. The number of hydrogen-bond acceptors (Lipinski definition) is 7. The molecule has 0 aliphatic heterocycles. The first-order valence-electron chi connectivity index (χ1n) is 4.74. The van der Waals surface area contributed by atoms with Crippen molar-refractivity contribution in [1.29, 1.82) is 0 Å². The Morgan fingerprint density at radius 3 is 1.82 bits per heavy atom. The summed E-state index contributed by atoms with van der Waals surface area (Å²) in [5.41, 5.74) is -0.240. The van der Waals surface area contributed by atoms with Crippen LogP contribution in [0.4, 0.5) is 0 Å². The third kappa shape index (κ3) is 8.36. The van der Waals surface area contributed by atoms with Gasteiger partial charge in [0.05, 0.1) is 23.5 Å². The van der Waals surface area contributed by atoms with Crippen LogP contribution in [0.25, 0.3) is 0 Å². The smallest absolute Gasteiger partial charge is 0.308 e. The Kier molecular flexibility index (Phi) is 6.95. The summed E-state index contributed by atoms with van der Waals surface area (Å²) in [5.74, 6) is 0. The molecule has 0 rings (SSSR count). The van der Waals surface area contributed by atoms with E-state index in [1.165, 1.54) is 12.5 Å². The second-order valence-corrected chi connectivity index (χ2v) is 10.4. The van der Waals surface area contributed by atoms with Gasteiger partial charge in [0.25, 0.3) is 0 Å². The van der Waals surface area contributed by atoms with E-state index < -0.39 is 28.1 Å². The van der Waals surface area contributed by atoms with E-state index in [0.29, 0.717) is 0 Å². The van der Waals surface area contributed by atoms with Gasteiger partial charge in [0.1, 0.15) is 9.23 Å². The summed E-state index contributed by atoms with van der Waals surface area (Å²) in [6.07, 6.45) is 2.81. The van der Waals surface area contributed by atoms with Crippen LogP contribution in [0.15, 0.2) is 0 Å². The Labute approximate surface area is 105 Å². The first kappa shape index (κ1) is 17.6. The summed E-state index contributed by atoms with van der Waals surface area (Å²) in [4.78, 5) is 0. The Morgan fingerprint density at radius 2 is 1.53 bits per heavy atom. The quantitative estimate of drug-likeness (QED) is 0.534. The lowest BCUT2D eigenvalue weighted by Gasteiger charge is -2.29. The lowest BCUT2D eigenvalue weighted by molar-refractivity contribution is -1.91. The van der Waals surface area contributed by atoms with Gasteiger partial charge in [0, 0.05) is 22.8 Å². The van der Waals surface area contributed by atoms with Gasteiger partial charge in [-0.05, 0) is 13.8 Å². The van der Waals surface area contributed by atoms with E-state index in [4.69, 9.17) is 9.05 Å². The van der Waals surface area contributed by atoms with Crippen molar-refractivity contribution in [2.45, 2.75) is 13.8 Å². The predicted octanol–water partition coefficient (Wildman–Crippen LogP) is -0.897. The van der Waals surface area contributed by atoms with Gasteiger partial charge in [0.15, 0.2) is 0 Å². The lowest BCUT2D eigenvalue weighted by Crippen LogP contribution is -2.61. The zero-order valence-corrected chi connectivity index (χ0v) is 12.7. The second-order valence-electron chi connectivity index (χ2n) is 3.45. The fourth-order valence-electron chi connectivity index (χ4n) is 1.11. The van der Waals surface area contributed by atoms with Gasteiger partial charge in [0.2, 0.25) is 0 Å². The van der Waals surface area contributed by atoms with Crippen LogP contribution >= 0.6 is 17.9 Å². The molecule has 0 saturated heterocycles. The summed E-state index contributed by atoms with van der Waals surface area (Å²) in [5, 5.41) is 0. The van der Waals surface area contributed by atoms with Gasteiger partial charge in [-0.1, -0.05) is 0 Å². The Bertz CT molecular complexity index is 270. The summed E-state index contributed by atoms with van der Waals surface area (Å²) >= 11 is 0. The van der Waals surface area contributed by atoms with Crippen molar-refractivity contribution in [3.8, 4) is 0 Å². The average Bonchev–Trinajstić information content (AvgIpc) is 1.96. The standard InChI is InChI=1S/C7H18ClO7PS/c1-5-13-16(12,14-6-2)7-17(3,4)15-8(9,10)11/h5-7H2,1-4H3. The molecule has 0 radical (unpaired) electrons. The van der Waals surface area contributed by atoms with E-state index in [1.807, 2.05) is 0 Å². The van der Waals surface area contributed by atoms with Crippen LogP contribution < -0.4 is 14.0 Å². The average molecular weight is 313 g/mol. The maximum atomic E-state index is 12.1. The Hall–Kier alpha value is 0.630. The summed E-state index contributed by atoms with van der Waals surface area (Å²) in [6, 6.07) is 0. The summed E-state index contributed by atoms with van der Waals surface area (Å²) < 4.78 is 57.9. The van der Waals surface area contributed by atoms with Gasteiger partial charge in [-0.25, -0.2) is 0 Å². The maximum absolute atomic E-state index is 12.1. The highest BCUT2D eigenvalue weighted by molar-refractivity contribution is 8.31. The van der Waals surface area contributed by atoms with Crippen LogP contribution in [-0.4, -0.2) is 31.2 Å². The lowest BCUT2D eigenvalue weighted by atomic mass is 10.9. The molecule has 0 aliphatic carbocycles. The van der Waals surface area contributed by atoms with Crippen LogP contribution in [0, 0.1) is 10.2 Å². The molecule has 0 N–H and O–H groups in total. The topological polar surface area (TPSA) is 114 Å². The van der Waals surface area contributed by atoms with Gasteiger partial charge >= 0.3 is 7.60 Å². The first-order chi connectivity index (χ1) is 7.54. The molecule has 0 fully saturated rings. The zero-order chi connectivity index (χ0) is 13.7. The molecule has 0 aliphatic rings. The second kappa shape index (κ2) is 6.70. The van der Waals surface area contributed by atoms with Crippen LogP contribution in [0.5, 0.6) is 0 Å². The molecule has 0 aromatic heterocycles. The van der Waals surface area contributed by atoms with Gasteiger partial charge in [-0.3, -0.25) is 4.57 Å². The minimum absolute atomic E-state index is 0.161. The molecule has 0 unspecified atom stereocenters. The largest absolute Gasteiger partial charge is 0.341 e. The third-order valence-electron chi connectivity index (χ3n) is 1.37. The molecular formula is C7H18ClO7PS. The van der Waals surface area contributed by atoms with Crippen molar-refractivity contribution >= 4 is 17.9 Å². The van der Waals surface area contributed by atoms with Crippen molar-refractivity contribution in [3.05, 3.63) is 0 Å². The minimum Gasteiger partial charge on any atom is -0.308 e. The highest BCUT2D eigenvalue weighted by Gasteiger charge is 2.40. The van der Waals surface area contributed by atoms with E-state index in [9.17, 15) is 18.5 Å². The number of rotatable bonds is 8. The van der Waals surface area contributed by atoms with Crippen molar-refractivity contribution < 1.29 is 41.6 Å². The van der Waals surface area contributed by atoms with Crippen LogP contribution in [-0.2, 0) is 17.3 Å². The highest BCUT2D eigenvalue weighted by Crippen LogP contribution is 2.61. The van der Waals surface area contributed by atoms with Gasteiger partial charge in [-0.2, -0.15) is 14.0 Å². The fourth-order valence-corrected chi connectivity index (χ4v) is 7.81. The van der Waals surface area contributed by atoms with Crippen molar-refractivity contribution in [2.24, 2.45) is 0 Å².